The van der Waals surface area contributed by atoms with Crippen LogP contribution < -0.4 is 10.4 Å². The van der Waals surface area contributed by atoms with Gasteiger partial charge >= 0.3 is 5.69 Å². The third-order valence-corrected chi connectivity index (χ3v) is 6.47. The molecule has 0 spiro atoms. The van der Waals surface area contributed by atoms with Gasteiger partial charge in [-0.3, -0.25) is 9.47 Å². The quantitative estimate of drug-likeness (QED) is 0.644. The highest BCUT2D eigenvalue weighted by Gasteiger charge is 2.18. The fourth-order valence-electron chi connectivity index (χ4n) is 3.48. The van der Waals surface area contributed by atoms with Crippen LogP contribution in [0, 0.1) is 5.82 Å². The zero-order chi connectivity index (χ0) is 20.4. The number of fused-ring (bicyclic) bond motifs is 1. The molecule has 2 aromatic carbocycles. The van der Waals surface area contributed by atoms with E-state index in [9.17, 15) is 17.6 Å². The fourth-order valence-corrected chi connectivity index (χ4v) is 4.50. The van der Waals surface area contributed by atoms with Crippen molar-refractivity contribution in [3.8, 4) is 0 Å². The molecule has 152 valence electrons. The van der Waals surface area contributed by atoms with Crippen molar-refractivity contribution in [2.75, 3.05) is 26.2 Å². The van der Waals surface area contributed by atoms with Gasteiger partial charge in [-0.2, -0.15) is 0 Å². The number of halogens is 1. The molecule has 7 nitrogen and oxygen atoms in total. The first-order valence-electron chi connectivity index (χ1n) is 9.31. The summed E-state index contributed by atoms with van der Waals surface area (Å²) in [6, 6.07) is 12.3. The first kappa shape index (κ1) is 19.6. The van der Waals surface area contributed by atoms with Gasteiger partial charge in [0.2, 0.25) is 10.0 Å². The Morgan fingerprint density at radius 2 is 1.86 bits per heavy atom. The molecule has 0 aliphatic carbocycles. The van der Waals surface area contributed by atoms with E-state index in [0.29, 0.717) is 19.5 Å². The maximum atomic E-state index is 13.0. The summed E-state index contributed by atoms with van der Waals surface area (Å²) in [6.07, 6.45) is 2.69. The molecular formula is C20H21FN4O3S. The lowest BCUT2D eigenvalue weighted by molar-refractivity contribution is 0.304. The van der Waals surface area contributed by atoms with Gasteiger partial charge in [-0.25, -0.2) is 22.3 Å². The molecule has 3 aromatic rings. The number of hydrogen-bond acceptors (Lipinski definition) is 4. The summed E-state index contributed by atoms with van der Waals surface area (Å²) in [5.74, 6) is -0.478. The molecule has 0 saturated carbocycles. The van der Waals surface area contributed by atoms with E-state index in [1.807, 2.05) is 30.3 Å². The molecule has 0 amide bonds. The van der Waals surface area contributed by atoms with Crippen LogP contribution in [0.4, 0.5) is 4.39 Å². The molecule has 29 heavy (non-hydrogen) atoms. The molecule has 2 N–H and O–H groups in total. The van der Waals surface area contributed by atoms with Crippen molar-refractivity contribution in [1.82, 2.24) is 19.2 Å². The summed E-state index contributed by atoms with van der Waals surface area (Å²) in [5, 5.41) is 0. The summed E-state index contributed by atoms with van der Waals surface area (Å²) in [7, 11) is -3.66. The summed E-state index contributed by atoms with van der Waals surface area (Å²) in [4.78, 5) is 17.3. The number of aromatic nitrogens is 2. The van der Waals surface area contributed by atoms with Crippen LogP contribution in [0.2, 0.25) is 0 Å². The lowest BCUT2D eigenvalue weighted by atomic mass is 10.2. The van der Waals surface area contributed by atoms with Gasteiger partial charge in [-0.1, -0.05) is 18.2 Å². The maximum absolute atomic E-state index is 13.0. The van der Waals surface area contributed by atoms with Gasteiger partial charge in [0.1, 0.15) is 5.82 Å². The normalized spacial score (nSPS) is 15.6. The lowest BCUT2D eigenvalue weighted by Gasteiger charge is -2.26. The number of H-pyrrole nitrogens is 1. The number of sulfonamides is 1. The van der Waals surface area contributed by atoms with Crippen molar-refractivity contribution in [2.24, 2.45) is 0 Å². The summed E-state index contributed by atoms with van der Waals surface area (Å²) < 4.78 is 41.7. The number of benzene rings is 2. The minimum atomic E-state index is -3.66. The zero-order valence-electron chi connectivity index (χ0n) is 15.6. The van der Waals surface area contributed by atoms with Crippen LogP contribution in [-0.4, -0.2) is 49.0 Å². The summed E-state index contributed by atoms with van der Waals surface area (Å²) in [6.45, 7) is 2.12. The first-order valence-corrected chi connectivity index (χ1v) is 10.8. The molecule has 0 radical (unpaired) electrons. The Morgan fingerprint density at radius 1 is 1.10 bits per heavy atom. The molecule has 9 heteroatoms. The average molecular weight is 416 g/mol. The fraction of sp³-hybridized carbons (Fsp3) is 0.250. The second kappa shape index (κ2) is 7.94. The molecule has 2 heterocycles. The van der Waals surface area contributed by atoms with Gasteiger partial charge < -0.3 is 4.98 Å². The predicted molar refractivity (Wildman–Crippen MR) is 109 cm³/mol. The van der Waals surface area contributed by atoms with E-state index in [4.69, 9.17) is 0 Å². The first-order chi connectivity index (χ1) is 13.9. The largest absolute Gasteiger partial charge is 0.330 e. The number of hydrogen-bond donors (Lipinski definition) is 2. The lowest BCUT2D eigenvalue weighted by Crippen LogP contribution is -2.37. The molecule has 0 atom stereocenters. The molecular weight excluding hydrogens is 395 g/mol. The minimum absolute atomic E-state index is 0.0402. The van der Waals surface area contributed by atoms with Crippen LogP contribution in [-0.2, 0) is 10.0 Å². The minimum Gasteiger partial charge on any atom is -0.305 e. The monoisotopic (exact) mass is 416 g/mol. The standard InChI is InChI=1S/C20H21FN4O3S/c21-15-5-7-17(8-6-15)29(27,28)22-11-14-24-12-9-16(10-13-24)25-19-4-2-1-3-18(19)23-20(25)26/h1-9,22H,10-14H2,(H,23,26). The topological polar surface area (TPSA) is 87.2 Å². The Hall–Kier alpha value is -2.75. The van der Waals surface area contributed by atoms with Crippen LogP contribution in [0.15, 0.2) is 64.3 Å². The number of para-hydroxylation sites is 2. The van der Waals surface area contributed by atoms with Gasteiger partial charge in [-0.15, -0.1) is 0 Å². The van der Waals surface area contributed by atoms with Crippen molar-refractivity contribution in [1.29, 1.82) is 0 Å². The highest BCUT2D eigenvalue weighted by molar-refractivity contribution is 7.89. The molecule has 0 unspecified atom stereocenters. The van der Waals surface area contributed by atoms with Crippen molar-refractivity contribution in [3.63, 3.8) is 0 Å². The Labute approximate surface area is 167 Å². The number of imidazole rings is 1. The van der Waals surface area contributed by atoms with E-state index in [2.05, 4.69) is 14.6 Å². The van der Waals surface area contributed by atoms with Crippen molar-refractivity contribution in [3.05, 3.63) is 70.9 Å². The number of aromatic amines is 1. The van der Waals surface area contributed by atoms with Crippen LogP contribution in [0.3, 0.4) is 0 Å². The molecule has 1 aromatic heterocycles. The Morgan fingerprint density at radius 3 is 2.59 bits per heavy atom. The third kappa shape index (κ3) is 4.16. The molecule has 4 rings (SSSR count). The molecule has 0 bridgehead atoms. The highest BCUT2D eigenvalue weighted by atomic mass is 32.2. The molecule has 0 fully saturated rings. The smallest absolute Gasteiger partial charge is 0.305 e. The Bertz CT molecular complexity index is 1210. The van der Waals surface area contributed by atoms with E-state index in [1.54, 1.807) is 4.57 Å². The third-order valence-electron chi connectivity index (χ3n) is 4.99. The van der Waals surface area contributed by atoms with Gasteiger partial charge in [-0.05, 0) is 36.4 Å². The number of rotatable bonds is 6. The van der Waals surface area contributed by atoms with Crippen LogP contribution >= 0.6 is 0 Å². The van der Waals surface area contributed by atoms with Gasteiger partial charge in [0, 0.05) is 38.3 Å². The van der Waals surface area contributed by atoms with E-state index in [1.165, 1.54) is 12.1 Å². The van der Waals surface area contributed by atoms with Gasteiger partial charge in [0.05, 0.1) is 15.9 Å². The average Bonchev–Trinajstić information content (AvgIpc) is 3.04. The van der Waals surface area contributed by atoms with E-state index >= 15 is 0 Å². The highest BCUT2D eigenvalue weighted by Crippen LogP contribution is 2.19. The van der Waals surface area contributed by atoms with Crippen LogP contribution in [0.5, 0.6) is 0 Å². The van der Waals surface area contributed by atoms with E-state index < -0.39 is 15.8 Å². The van der Waals surface area contributed by atoms with Gasteiger partial charge in [0.15, 0.2) is 0 Å². The van der Waals surface area contributed by atoms with E-state index in [0.717, 1.165) is 35.4 Å². The van der Waals surface area contributed by atoms with Crippen molar-refractivity contribution < 1.29 is 12.8 Å². The Kier molecular flexibility index (Phi) is 5.35. The number of nitrogens with one attached hydrogen (secondary N) is 2. The van der Waals surface area contributed by atoms with Crippen LogP contribution in [0.1, 0.15) is 6.42 Å². The molecule has 1 aliphatic rings. The SMILES string of the molecule is O=c1[nH]c2ccccc2n1C1=CCN(CCNS(=O)(=O)c2ccc(F)cc2)CC1. The Balaban J connectivity index is 1.37. The van der Waals surface area contributed by atoms with E-state index in [-0.39, 0.29) is 17.1 Å². The summed E-state index contributed by atoms with van der Waals surface area (Å²) >= 11 is 0. The predicted octanol–water partition coefficient (Wildman–Crippen LogP) is 1.99. The van der Waals surface area contributed by atoms with Crippen molar-refractivity contribution in [2.45, 2.75) is 11.3 Å². The zero-order valence-corrected chi connectivity index (χ0v) is 16.5. The molecule has 1 aliphatic heterocycles. The van der Waals surface area contributed by atoms with Crippen molar-refractivity contribution >= 4 is 26.8 Å². The summed E-state index contributed by atoms with van der Waals surface area (Å²) in [5.41, 5.74) is 2.44. The number of nitrogens with zero attached hydrogens (tertiary/aromatic N) is 2. The van der Waals surface area contributed by atoms with Gasteiger partial charge in [0.25, 0.3) is 0 Å². The second-order valence-corrected chi connectivity index (χ2v) is 8.65. The molecule has 0 saturated heterocycles. The van der Waals surface area contributed by atoms with Crippen LogP contribution in [0.25, 0.3) is 16.7 Å². The maximum Gasteiger partial charge on any atom is 0.330 e. The second-order valence-electron chi connectivity index (χ2n) is 6.88.